The highest BCUT2D eigenvalue weighted by molar-refractivity contribution is 7.91. The van der Waals surface area contributed by atoms with Crippen molar-refractivity contribution < 1.29 is 46.4 Å². The Labute approximate surface area is 658 Å². The zero-order chi connectivity index (χ0) is 77.0. The van der Waals surface area contributed by atoms with Gasteiger partial charge in [0.25, 0.3) is 21.8 Å². The molecule has 0 fully saturated rings. The number of pyridine rings is 3. The molecule has 21 heteroatoms. The van der Waals surface area contributed by atoms with Gasteiger partial charge in [0.2, 0.25) is 0 Å². The molecule has 0 unspecified atom stereocenters. The number of halogens is 3. The van der Waals surface area contributed by atoms with Crippen LogP contribution in [0, 0.1) is 0 Å². The van der Waals surface area contributed by atoms with Crippen molar-refractivity contribution in [3.63, 3.8) is 0 Å². The fourth-order valence-corrected chi connectivity index (χ4v) is 14.8. The van der Waals surface area contributed by atoms with Crippen molar-refractivity contribution in [2.75, 3.05) is 41.0 Å². The van der Waals surface area contributed by atoms with Gasteiger partial charge in [-0.25, -0.2) is 8.42 Å². The molecule has 109 heavy (non-hydrogen) atoms. The number of carbonyl (C=O) groups excluding carboxylic acids is 2. The summed E-state index contributed by atoms with van der Waals surface area (Å²) >= 11 is 19.3. The second kappa shape index (κ2) is 40.6. The summed E-state index contributed by atoms with van der Waals surface area (Å²) in [6.07, 6.45) is 7.00. The van der Waals surface area contributed by atoms with Crippen molar-refractivity contribution in [1.29, 1.82) is 0 Å². The van der Waals surface area contributed by atoms with Crippen molar-refractivity contribution in [2.24, 2.45) is 0 Å². The highest BCUT2D eigenvalue weighted by atomic mass is 35.5. The second-order valence-corrected chi connectivity index (χ2v) is 31.0. The van der Waals surface area contributed by atoms with Gasteiger partial charge in [0, 0.05) is 105 Å². The van der Waals surface area contributed by atoms with Crippen molar-refractivity contribution in [1.82, 2.24) is 29.1 Å². The standard InChI is InChI=1S/C33H36N2O3.C29H26Cl2N2O3.C26H25ClN2O4S2/c1-33(2,3)28-16-14-27(15-17-28)32(36)35(21-19-29-12-8-9-20-34-29)23-26-13-18-30(31(22-26)37-4)38-24-25-10-6-5-7-11-25;1-35-28-17-22(10-13-27(28)36-20-21-7-3-2-4-8-21)19-33(16-14-24-9-5-6-15-32-24)29(34)23-11-12-25(30)26(31)18-23;1-32-24-17-21(10-11-23(24)33-19-20-7-3-2-4-8-20)18-29(16-14-22-9-5-6-15-28-22)35(30,31)26-13-12-25(27)34-26/h5-18,20,22H,19,21,23-24H2,1-4H3;2-13,15,17-18H,14,16,19-20H2,1H3;2-13,15,17H,14,16,18-19H2,1H3. The number of ether oxygens (including phenoxy) is 6. The minimum absolute atomic E-state index is 0.00948. The summed E-state index contributed by atoms with van der Waals surface area (Å²) < 4.78 is 63.7. The summed E-state index contributed by atoms with van der Waals surface area (Å²) in [6.45, 7) is 10.1. The highest BCUT2D eigenvalue weighted by Gasteiger charge is 2.28. The molecular formula is C88H87Cl3N6O10S2. The molecule has 0 aliphatic carbocycles. The molecule has 0 aliphatic rings. The first kappa shape index (κ1) is 81.0. The molecule has 2 amide bonds. The maximum atomic E-state index is 13.7. The van der Waals surface area contributed by atoms with Crippen LogP contribution < -0.4 is 28.4 Å². The fourth-order valence-electron chi connectivity index (χ4n) is 11.5. The van der Waals surface area contributed by atoms with Gasteiger partial charge in [-0.2, -0.15) is 4.31 Å². The van der Waals surface area contributed by atoms with Gasteiger partial charge in [0.05, 0.1) is 35.7 Å². The minimum atomic E-state index is -3.76. The van der Waals surface area contributed by atoms with E-state index < -0.39 is 10.0 Å². The molecule has 0 spiro atoms. The minimum Gasteiger partial charge on any atom is -0.493 e. The number of hydrogen-bond donors (Lipinski definition) is 0. The Hall–Kier alpha value is -10.6. The SMILES string of the molecule is COc1cc(CN(CCc2ccccn2)C(=O)c2ccc(C(C)(C)C)cc2)ccc1OCc1ccccc1.COc1cc(CN(CCc2ccccn2)C(=O)c2ccc(Cl)c(Cl)c2)ccc1OCc1ccccc1.COc1cc(CN(CCc2ccccn2)S(=O)(=O)c2ccc(Cl)s2)ccc1OCc1ccccc1. The zero-order valence-corrected chi connectivity index (χ0v) is 65.6. The quantitative estimate of drug-likeness (QED) is 0.0402. The van der Waals surface area contributed by atoms with Crippen LogP contribution in [0.2, 0.25) is 14.4 Å². The number of aromatic nitrogens is 3. The lowest BCUT2D eigenvalue weighted by Crippen LogP contribution is -2.32. The molecule has 12 aromatic rings. The average molecular weight is 1560 g/mol. The van der Waals surface area contributed by atoms with Gasteiger partial charge in [-0.1, -0.05) is 195 Å². The molecule has 16 nitrogen and oxygen atoms in total. The Morgan fingerprint density at radius 3 is 1.15 bits per heavy atom. The van der Waals surface area contributed by atoms with Crippen LogP contribution in [0.3, 0.4) is 0 Å². The summed E-state index contributed by atoms with van der Waals surface area (Å²) in [5.74, 6) is 3.54. The van der Waals surface area contributed by atoms with E-state index in [1.165, 1.54) is 15.9 Å². The molecule has 0 saturated heterocycles. The third kappa shape index (κ3) is 24.5. The number of hydrogen-bond acceptors (Lipinski definition) is 14. The van der Waals surface area contributed by atoms with Gasteiger partial charge in [0.15, 0.2) is 34.5 Å². The lowest BCUT2D eigenvalue weighted by molar-refractivity contribution is 0.0737. The van der Waals surface area contributed by atoms with Gasteiger partial charge in [-0.3, -0.25) is 24.5 Å². The third-order valence-electron chi connectivity index (χ3n) is 17.5. The van der Waals surface area contributed by atoms with E-state index in [9.17, 15) is 18.0 Å². The molecule has 0 bridgehead atoms. The largest absolute Gasteiger partial charge is 0.493 e. The lowest BCUT2D eigenvalue weighted by atomic mass is 9.86. The fraction of sp³-hybridized carbons (Fsp3) is 0.216. The molecule has 4 aromatic heterocycles. The number of thiophene rings is 1. The summed E-state index contributed by atoms with van der Waals surface area (Å²) in [7, 11) is 1.05. The van der Waals surface area contributed by atoms with Crippen molar-refractivity contribution in [3.05, 3.63) is 355 Å². The van der Waals surface area contributed by atoms with Crippen LogP contribution in [0.15, 0.2) is 278 Å². The Kier molecular flexibility index (Phi) is 30.1. The van der Waals surface area contributed by atoms with Gasteiger partial charge in [-0.15, -0.1) is 11.3 Å². The number of amides is 2. The first-order valence-corrected chi connectivity index (χ1v) is 38.8. The van der Waals surface area contributed by atoms with E-state index in [-0.39, 0.29) is 34.5 Å². The predicted octanol–water partition coefficient (Wildman–Crippen LogP) is 19.5. The van der Waals surface area contributed by atoms with Crippen molar-refractivity contribution in [2.45, 2.75) is 89.1 Å². The Balaban J connectivity index is 0.000000174. The summed E-state index contributed by atoms with van der Waals surface area (Å²) in [5.41, 5.74) is 10.9. The average Bonchev–Trinajstić information content (AvgIpc) is 1.74. The van der Waals surface area contributed by atoms with Gasteiger partial charge in [-0.05, 0) is 160 Å². The molecule has 0 N–H and O–H groups in total. The molecule has 0 radical (unpaired) electrons. The molecule has 4 heterocycles. The zero-order valence-electron chi connectivity index (χ0n) is 61.7. The van der Waals surface area contributed by atoms with Crippen molar-refractivity contribution >= 4 is 68.0 Å². The first-order chi connectivity index (χ1) is 52.8. The maximum absolute atomic E-state index is 13.7. The molecule has 0 saturated carbocycles. The Bertz CT molecular complexity index is 4960. The van der Waals surface area contributed by atoms with Crippen LogP contribution in [0.4, 0.5) is 0 Å². The van der Waals surface area contributed by atoms with Gasteiger partial charge < -0.3 is 38.2 Å². The smallest absolute Gasteiger partial charge is 0.254 e. The van der Waals surface area contributed by atoms with Gasteiger partial charge >= 0.3 is 0 Å². The number of methoxy groups -OCH3 is 3. The van der Waals surface area contributed by atoms with E-state index in [1.807, 2.05) is 229 Å². The molecule has 0 atom stereocenters. The van der Waals surface area contributed by atoms with Crippen molar-refractivity contribution in [3.8, 4) is 34.5 Å². The van der Waals surface area contributed by atoms with Crippen LogP contribution in [0.25, 0.3) is 0 Å². The lowest BCUT2D eigenvalue weighted by Gasteiger charge is -2.24. The highest BCUT2D eigenvalue weighted by Crippen LogP contribution is 2.35. The predicted molar refractivity (Wildman–Crippen MR) is 433 cm³/mol. The van der Waals surface area contributed by atoms with E-state index in [0.29, 0.717) is 125 Å². The third-order valence-corrected chi connectivity index (χ3v) is 21.7. The van der Waals surface area contributed by atoms with Crippen LogP contribution in [0.1, 0.15) is 97.5 Å². The van der Waals surface area contributed by atoms with E-state index in [2.05, 4.69) is 35.7 Å². The Morgan fingerprint density at radius 2 is 0.780 bits per heavy atom. The van der Waals surface area contributed by atoms with E-state index >= 15 is 0 Å². The molecular weight excluding hydrogens is 1470 g/mol. The number of sulfonamides is 1. The van der Waals surface area contributed by atoms with Crippen LogP contribution in [0.5, 0.6) is 34.5 Å². The maximum Gasteiger partial charge on any atom is 0.254 e. The normalized spacial score (nSPS) is 11.1. The monoisotopic (exact) mass is 1560 g/mol. The molecule has 8 aromatic carbocycles. The number of rotatable bonds is 31. The Morgan fingerprint density at radius 1 is 0.394 bits per heavy atom. The summed E-state index contributed by atoms with van der Waals surface area (Å²) in [5, 5.41) is 0.748. The van der Waals surface area contributed by atoms with Crippen LogP contribution in [-0.2, 0) is 74.2 Å². The van der Waals surface area contributed by atoms with Gasteiger partial charge in [0.1, 0.15) is 24.0 Å². The number of benzene rings is 8. The second-order valence-electron chi connectivity index (χ2n) is 26.3. The number of carbonyl (C=O) groups is 2. The summed E-state index contributed by atoms with van der Waals surface area (Å²) in [6, 6.07) is 80.1. The van der Waals surface area contributed by atoms with E-state index in [0.717, 1.165) is 61.8 Å². The topological polar surface area (TPSA) is 172 Å². The summed E-state index contributed by atoms with van der Waals surface area (Å²) in [4.78, 5) is 43.9. The van der Waals surface area contributed by atoms with E-state index in [4.69, 9.17) is 63.2 Å². The molecule has 0 aliphatic heterocycles. The molecule has 562 valence electrons. The van der Waals surface area contributed by atoms with E-state index in [1.54, 1.807) is 69.1 Å². The van der Waals surface area contributed by atoms with Crippen LogP contribution in [-0.4, -0.2) is 90.3 Å². The first-order valence-electron chi connectivity index (χ1n) is 35.4. The number of nitrogens with zero attached hydrogens (tertiary/aromatic N) is 6. The molecule has 12 rings (SSSR count). The van der Waals surface area contributed by atoms with Crippen LogP contribution >= 0.6 is 46.1 Å².